The van der Waals surface area contributed by atoms with E-state index in [1.807, 2.05) is 26.2 Å². The number of ketones is 1. The molecule has 0 unspecified atom stereocenters. The molecule has 1 aliphatic rings. The number of amides is 1. The third kappa shape index (κ3) is 3.90. The van der Waals surface area contributed by atoms with Crippen LogP contribution in [-0.4, -0.2) is 53.9 Å². The number of carbonyl (C=O) groups is 2. The topological polar surface area (TPSA) is 74.9 Å². The summed E-state index contributed by atoms with van der Waals surface area (Å²) in [6, 6.07) is 13.5. The van der Waals surface area contributed by atoms with Crippen molar-refractivity contribution in [3.05, 3.63) is 71.6 Å². The number of likely N-dealkylation sites (tertiary alicyclic amines) is 1. The number of benzene rings is 1. The highest BCUT2D eigenvalue weighted by Gasteiger charge is 2.46. The quantitative estimate of drug-likeness (QED) is 0.455. The van der Waals surface area contributed by atoms with Crippen molar-refractivity contribution >= 4 is 17.4 Å². The molecular formula is C21H24N3O3+. The second-order valence-electron chi connectivity index (χ2n) is 6.92. The van der Waals surface area contributed by atoms with Crippen molar-refractivity contribution in [1.29, 1.82) is 0 Å². The lowest BCUT2D eigenvalue weighted by molar-refractivity contribution is -0.858. The van der Waals surface area contributed by atoms with Crippen LogP contribution in [0.1, 0.15) is 23.7 Å². The van der Waals surface area contributed by atoms with Crippen LogP contribution in [-0.2, 0) is 9.59 Å². The van der Waals surface area contributed by atoms with Crippen LogP contribution in [0, 0.1) is 0 Å². The van der Waals surface area contributed by atoms with Crippen LogP contribution in [0.4, 0.5) is 0 Å². The summed E-state index contributed by atoms with van der Waals surface area (Å²) in [5.41, 5.74) is 1.18. The predicted octanol–water partition coefficient (Wildman–Crippen LogP) is 1.04. The maximum Gasteiger partial charge on any atom is 0.295 e. The Morgan fingerprint density at radius 3 is 2.44 bits per heavy atom. The smallest absolute Gasteiger partial charge is 0.295 e. The molecule has 0 saturated carbocycles. The van der Waals surface area contributed by atoms with Crippen molar-refractivity contribution in [2.75, 3.05) is 27.2 Å². The van der Waals surface area contributed by atoms with Crippen LogP contribution in [0.5, 0.6) is 0 Å². The maximum atomic E-state index is 12.8. The Hall–Kier alpha value is -2.99. The van der Waals surface area contributed by atoms with E-state index in [0.717, 1.165) is 13.0 Å². The van der Waals surface area contributed by atoms with E-state index in [2.05, 4.69) is 4.98 Å². The van der Waals surface area contributed by atoms with Gasteiger partial charge >= 0.3 is 0 Å². The summed E-state index contributed by atoms with van der Waals surface area (Å²) in [5.74, 6) is -1.41. The van der Waals surface area contributed by atoms with Crippen LogP contribution in [0.15, 0.2) is 60.3 Å². The summed E-state index contributed by atoms with van der Waals surface area (Å²) in [4.78, 5) is 32.6. The number of nitrogens with zero attached hydrogens (tertiary/aromatic N) is 2. The molecule has 0 radical (unpaired) electrons. The first-order valence-electron chi connectivity index (χ1n) is 9.04. The predicted molar refractivity (Wildman–Crippen MR) is 102 cm³/mol. The molecule has 1 atom stereocenters. The molecule has 1 amide bonds. The minimum Gasteiger partial charge on any atom is -0.507 e. The van der Waals surface area contributed by atoms with Gasteiger partial charge in [-0.3, -0.25) is 14.6 Å². The number of hydrogen-bond donors (Lipinski definition) is 2. The maximum absolute atomic E-state index is 12.8. The molecule has 0 aliphatic carbocycles. The average Bonchev–Trinajstić information content (AvgIpc) is 2.93. The summed E-state index contributed by atoms with van der Waals surface area (Å²) in [6.07, 6.45) is 2.38. The molecule has 1 aromatic carbocycles. The Balaban J connectivity index is 2.05. The van der Waals surface area contributed by atoms with Gasteiger partial charge in [-0.05, 0) is 12.1 Å². The van der Waals surface area contributed by atoms with Gasteiger partial charge < -0.3 is 14.9 Å². The summed E-state index contributed by atoms with van der Waals surface area (Å²) in [5, 5.41) is 10.8. The van der Waals surface area contributed by atoms with Crippen LogP contribution in [0.25, 0.3) is 5.76 Å². The van der Waals surface area contributed by atoms with Crippen molar-refractivity contribution in [3.8, 4) is 0 Å². The highest BCUT2D eigenvalue weighted by atomic mass is 16.3. The number of aromatic nitrogens is 1. The van der Waals surface area contributed by atoms with Crippen molar-refractivity contribution in [2.45, 2.75) is 12.5 Å². The molecule has 6 heteroatoms. The molecule has 0 bridgehead atoms. The molecule has 27 heavy (non-hydrogen) atoms. The van der Waals surface area contributed by atoms with Gasteiger partial charge in [0.15, 0.2) is 0 Å². The molecule has 3 rings (SSSR count). The van der Waals surface area contributed by atoms with Gasteiger partial charge in [-0.2, -0.15) is 0 Å². The molecule has 1 aromatic heterocycles. The molecule has 2 N–H and O–H groups in total. The molecule has 1 fully saturated rings. The Morgan fingerprint density at radius 1 is 1.11 bits per heavy atom. The van der Waals surface area contributed by atoms with Crippen LogP contribution >= 0.6 is 0 Å². The van der Waals surface area contributed by atoms with Crippen LogP contribution in [0.3, 0.4) is 0 Å². The fraction of sp³-hybridized carbons (Fsp3) is 0.286. The van der Waals surface area contributed by atoms with Crippen molar-refractivity contribution in [3.63, 3.8) is 0 Å². The minimum absolute atomic E-state index is 0.0992. The summed E-state index contributed by atoms with van der Waals surface area (Å²) < 4.78 is 0. The minimum atomic E-state index is -0.677. The largest absolute Gasteiger partial charge is 0.507 e. The number of aliphatic hydroxyl groups is 1. The van der Waals surface area contributed by atoms with E-state index in [1.165, 1.54) is 9.80 Å². The van der Waals surface area contributed by atoms with Gasteiger partial charge in [-0.1, -0.05) is 36.4 Å². The lowest BCUT2D eigenvalue weighted by Gasteiger charge is -2.24. The van der Waals surface area contributed by atoms with E-state index in [0.29, 0.717) is 17.8 Å². The van der Waals surface area contributed by atoms with Gasteiger partial charge in [0, 0.05) is 24.7 Å². The zero-order chi connectivity index (χ0) is 19.4. The second-order valence-corrected chi connectivity index (χ2v) is 6.92. The second kappa shape index (κ2) is 8.14. The first-order chi connectivity index (χ1) is 13.0. The number of carbonyl (C=O) groups excluding carboxylic acids is 2. The standard InChI is InChI=1S/C21H23N3O3/c1-23(2)13-8-14-24-18(16-11-6-7-12-22-16)17(20(26)21(24)27)19(25)15-9-4-3-5-10-15/h3-7,9-12,18,25H,8,13-14H2,1-2H3/p+1/t18-/m0/s1. The average molecular weight is 366 g/mol. The molecular weight excluding hydrogens is 342 g/mol. The lowest BCUT2D eigenvalue weighted by atomic mass is 9.98. The van der Waals surface area contributed by atoms with Gasteiger partial charge in [0.05, 0.1) is 31.9 Å². The fourth-order valence-corrected chi connectivity index (χ4v) is 3.31. The SMILES string of the molecule is C[NH+](C)CCCN1C(=O)C(=O)C(=C(O)c2ccccc2)[C@@H]1c1ccccn1. The number of hydrogen-bond acceptors (Lipinski definition) is 4. The number of quaternary nitrogens is 1. The normalized spacial score (nSPS) is 19.1. The zero-order valence-corrected chi connectivity index (χ0v) is 15.6. The summed E-state index contributed by atoms with van der Waals surface area (Å²) in [7, 11) is 4.08. The first-order valence-corrected chi connectivity index (χ1v) is 9.04. The van der Waals surface area contributed by atoms with Gasteiger partial charge in [-0.15, -0.1) is 0 Å². The van der Waals surface area contributed by atoms with Crippen molar-refractivity contribution in [1.82, 2.24) is 9.88 Å². The Kier molecular flexibility index (Phi) is 5.66. The van der Waals surface area contributed by atoms with Crippen molar-refractivity contribution < 1.29 is 19.6 Å². The van der Waals surface area contributed by atoms with E-state index in [-0.39, 0.29) is 11.3 Å². The number of aliphatic hydroxyl groups excluding tert-OH is 1. The molecule has 1 aliphatic heterocycles. The van der Waals surface area contributed by atoms with E-state index in [4.69, 9.17) is 0 Å². The number of rotatable bonds is 6. The molecule has 1 saturated heterocycles. The highest BCUT2D eigenvalue weighted by Crippen LogP contribution is 2.38. The lowest BCUT2D eigenvalue weighted by Crippen LogP contribution is -3.05. The summed E-state index contributed by atoms with van der Waals surface area (Å²) in [6.45, 7) is 1.30. The van der Waals surface area contributed by atoms with E-state index in [1.54, 1.807) is 42.6 Å². The van der Waals surface area contributed by atoms with Crippen LogP contribution in [0.2, 0.25) is 0 Å². The molecule has 0 spiro atoms. The Bertz CT molecular complexity index is 847. The number of Topliss-reactive ketones (excluding diaryl/α,β-unsaturated/α-hetero) is 1. The van der Waals surface area contributed by atoms with E-state index >= 15 is 0 Å². The van der Waals surface area contributed by atoms with Crippen LogP contribution < -0.4 is 4.90 Å². The molecule has 2 aromatic rings. The summed E-state index contributed by atoms with van der Waals surface area (Å²) >= 11 is 0. The molecule has 6 nitrogen and oxygen atoms in total. The Labute approximate surface area is 158 Å². The van der Waals surface area contributed by atoms with Gasteiger partial charge in [0.25, 0.3) is 11.7 Å². The first kappa shape index (κ1) is 18.8. The van der Waals surface area contributed by atoms with Gasteiger partial charge in [0.2, 0.25) is 0 Å². The molecule has 140 valence electrons. The van der Waals surface area contributed by atoms with Crippen molar-refractivity contribution in [2.24, 2.45) is 0 Å². The van der Waals surface area contributed by atoms with E-state index in [9.17, 15) is 14.7 Å². The van der Waals surface area contributed by atoms with E-state index < -0.39 is 17.7 Å². The third-order valence-electron chi connectivity index (χ3n) is 4.63. The molecule has 2 heterocycles. The van der Waals surface area contributed by atoms with Gasteiger partial charge in [-0.25, -0.2) is 0 Å². The number of pyridine rings is 1. The fourth-order valence-electron chi connectivity index (χ4n) is 3.31. The number of nitrogens with one attached hydrogen (secondary N) is 1. The van der Waals surface area contributed by atoms with Gasteiger partial charge in [0.1, 0.15) is 11.8 Å². The third-order valence-corrected chi connectivity index (χ3v) is 4.63. The Morgan fingerprint density at radius 2 is 1.81 bits per heavy atom. The highest BCUT2D eigenvalue weighted by molar-refractivity contribution is 6.46. The zero-order valence-electron chi connectivity index (χ0n) is 15.6. The monoisotopic (exact) mass is 366 g/mol.